The van der Waals surface area contributed by atoms with Gasteiger partial charge in [-0.3, -0.25) is 4.79 Å². The number of carbonyl (C=O) groups excluding carboxylic acids is 1. The van der Waals surface area contributed by atoms with Crippen molar-refractivity contribution in [2.45, 2.75) is 31.1 Å². The predicted octanol–water partition coefficient (Wildman–Crippen LogP) is 4.32. The first kappa shape index (κ1) is 17.0. The highest BCUT2D eigenvalue weighted by Gasteiger charge is 2.42. The summed E-state index contributed by atoms with van der Waals surface area (Å²) in [4.78, 5) is 19.7. The topological polar surface area (TPSA) is 54.5 Å². The number of aromatic nitrogens is 1. The molecule has 2 heterocycles. The molecular formula is C21H22ClN3O2. The summed E-state index contributed by atoms with van der Waals surface area (Å²) in [5, 5.41) is 4.13. The number of halogens is 1. The molecule has 140 valence electrons. The summed E-state index contributed by atoms with van der Waals surface area (Å²) in [6.45, 7) is 2.54. The van der Waals surface area contributed by atoms with Crippen LogP contribution in [0, 0.1) is 0 Å². The van der Waals surface area contributed by atoms with Gasteiger partial charge in [0.1, 0.15) is 5.82 Å². The number of amides is 1. The first-order valence-electron chi connectivity index (χ1n) is 9.63. The summed E-state index contributed by atoms with van der Waals surface area (Å²) in [6, 6.07) is 7.67. The number of pyridine rings is 1. The quantitative estimate of drug-likeness (QED) is 0.857. The van der Waals surface area contributed by atoms with E-state index in [0.29, 0.717) is 43.2 Å². The molecule has 1 aliphatic heterocycles. The lowest BCUT2D eigenvalue weighted by molar-refractivity contribution is 0.0301. The van der Waals surface area contributed by atoms with Gasteiger partial charge in [-0.25, -0.2) is 4.98 Å². The molecule has 1 aromatic heterocycles. The van der Waals surface area contributed by atoms with Gasteiger partial charge in [0.15, 0.2) is 0 Å². The van der Waals surface area contributed by atoms with Crippen molar-refractivity contribution in [2.75, 3.05) is 31.6 Å². The highest BCUT2D eigenvalue weighted by Crippen LogP contribution is 2.56. The third-order valence-electron chi connectivity index (χ3n) is 6.02. The van der Waals surface area contributed by atoms with E-state index in [1.807, 2.05) is 29.2 Å². The molecule has 0 spiro atoms. The second kappa shape index (κ2) is 6.80. The number of hydrogen-bond acceptors (Lipinski definition) is 4. The molecule has 6 heteroatoms. The van der Waals surface area contributed by atoms with Crippen LogP contribution in [0.1, 0.15) is 52.6 Å². The first-order chi connectivity index (χ1) is 13.2. The van der Waals surface area contributed by atoms with Gasteiger partial charge in [-0.1, -0.05) is 17.7 Å². The minimum absolute atomic E-state index is 0.101. The van der Waals surface area contributed by atoms with E-state index in [1.165, 1.54) is 24.0 Å². The molecule has 5 nitrogen and oxygen atoms in total. The van der Waals surface area contributed by atoms with Gasteiger partial charge in [-0.05, 0) is 54.9 Å². The second-order valence-electron chi connectivity index (χ2n) is 7.59. The number of morpholine rings is 1. The maximum Gasteiger partial charge on any atom is 0.255 e. The van der Waals surface area contributed by atoms with Crippen molar-refractivity contribution in [1.82, 2.24) is 9.88 Å². The molecule has 3 aliphatic rings. The lowest BCUT2D eigenvalue weighted by Gasteiger charge is -2.29. The molecule has 27 heavy (non-hydrogen) atoms. The third-order valence-corrected chi connectivity index (χ3v) is 6.26. The van der Waals surface area contributed by atoms with E-state index in [4.69, 9.17) is 16.3 Å². The van der Waals surface area contributed by atoms with E-state index in [2.05, 4.69) is 10.3 Å². The fourth-order valence-corrected chi connectivity index (χ4v) is 5.00. The normalized spacial score (nSPS) is 23.4. The van der Waals surface area contributed by atoms with Crippen molar-refractivity contribution >= 4 is 29.0 Å². The van der Waals surface area contributed by atoms with Crippen molar-refractivity contribution in [3.63, 3.8) is 0 Å². The Morgan fingerprint density at radius 3 is 2.74 bits per heavy atom. The Labute approximate surface area is 163 Å². The summed E-state index contributed by atoms with van der Waals surface area (Å²) in [6.07, 6.45) is 5.25. The van der Waals surface area contributed by atoms with Crippen LogP contribution in [0.3, 0.4) is 0 Å². The average Bonchev–Trinajstić information content (AvgIpc) is 3.31. The lowest BCUT2D eigenvalue weighted by atomic mass is 9.88. The average molecular weight is 384 g/mol. The maximum atomic E-state index is 13.1. The van der Waals surface area contributed by atoms with Crippen LogP contribution in [-0.4, -0.2) is 42.1 Å². The third kappa shape index (κ3) is 2.99. The monoisotopic (exact) mass is 383 g/mol. The smallest absolute Gasteiger partial charge is 0.255 e. The van der Waals surface area contributed by atoms with Gasteiger partial charge < -0.3 is 15.0 Å². The fraction of sp³-hybridized carbons (Fsp3) is 0.429. The predicted molar refractivity (Wildman–Crippen MR) is 105 cm³/mol. The van der Waals surface area contributed by atoms with Crippen LogP contribution in [0.25, 0.3) is 0 Å². The standard InChI is InChI=1S/C21H22ClN3O2/c22-15-2-1-3-16(11-15)24-20-19-14-5-4-13(10-14)18(19)17(12-23-20)21(26)25-6-8-27-9-7-25/h1-3,11-14H,4-10H2,(H,23,24). The summed E-state index contributed by atoms with van der Waals surface area (Å²) < 4.78 is 5.39. The van der Waals surface area contributed by atoms with Gasteiger partial charge in [-0.2, -0.15) is 0 Å². The summed E-state index contributed by atoms with van der Waals surface area (Å²) in [5.41, 5.74) is 4.18. The molecule has 0 radical (unpaired) electrons. The molecule has 2 atom stereocenters. The van der Waals surface area contributed by atoms with Crippen LogP contribution in [0.4, 0.5) is 11.5 Å². The van der Waals surface area contributed by atoms with E-state index < -0.39 is 0 Å². The molecule has 1 saturated carbocycles. The molecule has 2 unspecified atom stereocenters. The number of hydrogen-bond donors (Lipinski definition) is 1. The summed E-state index contributed by atoms with van der Waals surface area (Å²) >= 11 is 6.12. The maximum absolute atomic E-state index is 13.1. The van der Waals surface area contributed by atoms with Gasteiger partial charge in [0.05, 0.1) is 18.8 Å². The molecular weight excluding hydrogens is 362 g/mol. The van der Waals surface area contributed by atoms with Crippen molar-refractivity contribution < 1.29 is 9.53 Å². The second-order valence-corrected chi connectivity index (χ2v) is 8.03. The number of carbonyl (C=O) groups is 1. The van der Waals surface area contributed by atoms with E-state index in [0.717, 1.165) is 23.5 Å². The number of nitrogens with zero attached hydrogens (tertiary/aromatic N) is 2. The number of rotatable bonds is 3. The Hall–Kier alpha value is -2.11. The van der Waals surface area contributed by atoms with E-state index >= 15 is 0 Å². The SMILES string of the molecule is O=C(c1cnc(Nc2cccc(Cl)c2)c2c1C1CCC2C1)N1CCOCC1. The largest absolute Gasteiger partial charge is 0.378 e. The van der Waals surface area contributed by atoms with Crippen LogP contribution in [0.2, 0.25) is 5.02 Å². The number of nitrogens with one attached hydrogen (secondary N) is 1. The van der Waals surface area contributed by atoms with Crippen LogP contribution < -0.4 is 5.32 Å². The van der Waals surface area contributed by atoms with E-state index in [-0.39, 0.29) is 5.91 Å². The van der Waals surface area contributed by atoms with Gasteiger partial charge >= 0.3 is 0 Å². The summed E-state index contributed by atoms with van der Waals surface area (Å²) in [5.74, 6) is 1.95. The van der Waals surface area contributed by atoms with Crippen LogP contribution in [0.5, 0.6) is 0 Å². The van der Waals surface area contributed by atoms with Crippen molar-refractivity contribution in [1.29, 1.82) is 0 Å². The summed E-state index contributed by atoms with van der Waals surface area (Å²) in [7, 11) is 0. The van der Waals surface area contributed by atoms with Crippen LogP contribution in [0.15, 0.2) is 30.5 Å². The Bertz CT molecular complexity index is 895. The zero-order valence-electron chi connectivity index (χ0n) is 15.1. The Morgan fingerprint density at radius 2 is 1.96 bits per heavy atom. The molecule has 1 saturated heterocycles. The van der Waals surface area contributed by atoms with Gasteiger partial charge in [0.25, 0.3) is 5.91 Å². The highest BCUT2D eigenvalue weighted by molar-refractivity contribution is 6.30. The molecule has 2 fully saturated rings. The molecule has 5 rings (SSSR count). The van der Waals surface area contributed by atoms with E-state index in [9.17, 15) is 4.79 Å². The Morgan fingerprint density at radius 1 is 1.19 bits per heavy atom. The fourth-order valence-electron chi connectivity index (χ4n) is 4.81. The molecule has 1 N–H and O–H groups in total. The minimum Gasteiger partial charge on any atom is -0.378 e. The van der Waals surface area contributed by atoms with Crippen molar-refractivity contribution in [2.24, 2.45) is 0 Å². The lowest BCUT2D eigenvalue weighted by Crippen LogP contribution is -2.41. The highest BCUT2D eigenvalue weighted by atomic mass is 35.5. The van der Waals surface area contributed by atoms with Crippen molar-refractivity contribution in [3.05, 3.63) is 52.2 Å². The zero-order valence-corrected chi connectivity index (χ0v) is 15.8. The van der Waals surface area contributed by atoms with Crippen LogP contribution in [-0.2, 0) is 4.74 Å². The van der Waals surface area contributed by atoms with Crippen molar-refractivity contribution in [3.8, 4) is 0 Å². The van der Waals surface area contributed by atoms with Crippen LogP contribution >= 0.6 is 11.6 Å². The minimum atomic E-state index is 0.101. The molecule has 2 aromatic rings. The zero-order chi connectivity index (χ0) is 18.4. The molecule has 1 aromatic carbocycles. The van der Waals surface area contributed by atoms with Gasteiger partial charge in [-0.15, -0.1) is 0 Å². The molecule has 1 amide bonds. The van der Waals surface area contributed by atoms with Gasteiger partial charge in [0.2, 0.25) is 0 Å². The Kier molecular flexibility index (Phi) is 4.29. The number of benzene rings is 1. The number of anilines is 2. The molecule has 2 aliphatic carbocycles. The van der Waals surface area contributed by atoms with E-state index in [1.54, 1.807) is 6.20 Å². The Balaban J connectivity index is 1.53. The van der Waals surface area contributed by atoms with Gasteiger partial charge in [0, 0.05) is 35.6 Å². The number of fused-ring (bicyclic) bond motifs is 5. The molecule has 2 bridgehead atoms. The first-order valence-corrected chi connectivity index (χ1v) is 10.0. The number of ether oxygens (including phenoxy) is 1.